The van der Waals surface area contributed by atoms with Gasteiger partial charge < -0.3 is 15.4 Å². The minimum absolute atomic E-state index is 0. The second kappa shape index (κ2) is 11.0. The summed E-state index contributed by atoms with van der Waals surface area (Å²) in [4.78, 5) is 4.88. The first-order chi connectivity index (χ1) is 11.9. The molecule has 2 aliphatic rings. The third kappa shape index (κ3) is 6.13. The normalized spacial score (nSPS) is 24.6. The molecule has 1 aromatic carbocycles. The van der Waals surface area contributed by atoms with Crippen LogP contribution in [-0.4, -0.2) is 31.7 Å². The van der Waals surface area contributed by atoms with Gasteiger partial charge in [-0.3, -0.25) is 4.99 Å². The van der Waals surface area contributed by atoms with E-state index in [0.29, 0.717) is 12.0 Å². The van der Waals surface area contributed by atoms with Gasteiger partial charge in [0.1, 0.15) is 0 Å². The summed E-state index contributed by atoms with van der Waals surface area (Å²) in [5.41, 5.74) is 1.28. The fourth-order valence-electron chi connectivity index (χ4n) is 3.80. The molecule has 1 saturated carbocycles. The minimum atomic E-state index is 0. The smallest absolute Gasteiger partial charge is 0.191 e. The van der Waals surface area contributed by atoms with E-state index in [1.807, 2.05) is 0 Å². The van der Waals surface area contributed by atoms with Crippen LogP contribution in [0.2, 0.25) is 0 Å². The molecule has 1 aliphatic carbocycles. The molecule has 3 rings (SSSR count). The zero-order valence-electron chi connectivity index (χ0n) is 15.2. The molecule has 0 amide bonds. The number of halogens is 1. The van der Waals surface area contributed by atoms with Crippen LogP contribution in [0.15, 0.2) is 35.3 Å². The SMILES string of the molecule is CCNC(=NCC1CCOC1c1ccccc1)NC1CCCCC1.I. The van der Waals surface area contributed by atoms with E-state index in [2.05, 4.69) is 47.9 Å². The number of ether oxygens (including phenoxy) is 1. The van der Waals surface area contributed by atoms with Crippen LogP contribution < -0.4 is 10.6 Å². The lowest BCUT2D eigenvalue weighted by atomic mass is 9.95. The third-order valence-corrected chi connectivity index (χ3v) is 5.12. The van der Waals surface area contributed by atoms with Gasteiger partial charge in [-0.1, -0.05) is 49.6 Å². The molecule has 2 fully saturated rings. The highest BCUT2D eigenvalue weighted by atomic mass is 127. The highest BCUT2D eigenvalue weighted by Crippen LogP contribution is 2.34. The molecule has 1 saturated heterocycles. The van der Waals surface area contributed by atoms with E-state index in [1.54, 1.807) is 0 Å². The van der Waals surface area contributed by atoms with E-state index in [4.69, 9.17) is 9.73 Å². The summed E-state index contributed by atoms with van der Waals surface area (Å²) in [5.74, 6) is 1.44. The molecule has 0 spiro atoms. The van der Waals surface area contributed by atoms with E-state index in [1.165, 1.54) is 37.7 Å². The highest BCUT2D eigenvalue weighted by molar-refractivity contribution is 14.0. The number of nitrogens with one attached hydrogen (secondary N) is 2. The van der Waals surface area contributed by atoms with E-state index >= 15 is 0 Å². The van der Waals surface area contributed by atoms with Gasteiger partial charge in [0.25, 0.3) is 0 Å². The molecule has 1 aromatic rings. The van der Waals surface area contributed by atoms with E-state index in [0.717, 1.165) is 32.1 Å². The second-order valence-corrected chi connectivity index (χ2v) is 6.95. The maximum Gasteiger partial charge on any atom is 0.191 e. The van der Waals surface area contributed by atoms with Crippen molar-refractivity contribution in [3.05, 3.63) is 35.9 Å². The Morgan fingerprint density at radius 3 is 2.60 bits per heavy atom. The van der Waals surface area contributed by atoms with Crippen LogP contribution in [0.4, 0.5) is 0 Å². The predicted octanol–water partition coefficient (Wildman–Crippen LogP) is 4.27. The first-order valence-electron chi connectivity index (χ1n) is 9.58. The molecular formula is C20H32IN3O. The van der Waals surface area contributed by atoms with Crippen LogP contribution in [-0.2, 0) is 4.74 Å². The zero-order valence-corrected chi connectivity index (χ0v) is 17.6. The van der Waals surface area contributed by atoms with Crippen molar-refractivity contribution in [3.63, 3.8) is 0 Å². The highest BCUT2D eigenvalue weighted by Gasteiger charge is 2.29. The van der Waals surface area contributed by atoms with Gasteiger partial charge in [0.15, 0.2) is 5.96 Å². The number of aliphatic imine (C=N–C) groups is 1. The van der Waals surface area contributed by atoms with Gasteiger partial charge in [0.05, 0.1) is 6.10 Å². The van der Waals surface area contributed by atoms with E-state index < -0.39 is 0 Å². The van der Waals surface area contributed by atoms with Crippen molar-refractivity contribution < 1.29 is 4.74 Å². The molecule has 140 valence electrons. The molecule has 2 unspecified atom stereocenters. The Balaban J connectivity index is 0.00000225. The van der Waals surface area contributed by atoms with Crippen molar-refractivity contribution >= 4 is 29.9 Å². The van der Waals surface area contributed by atoms with Crippen LogP contribution in [0, 0.1) is 5.92 Å². The number of hydrogen-bond acceptors (Lipinski definition) is 2. The molecule has 0 aromatic heterocycles. The largest absolute Gasteiger partial charge is 0.373 e. The average molecular weight is 457 g/mol. The maximum absolute atomic E-state index is 5.98. The Kier molecular flexibility index (Phi) is 9.03. The van der Waals surface area contributed by atoms with Crippen molar-refractivity contribution in [1.29, 1.82) is 0 Å². The Hall–Kier alpha value is -0.820. The molecule has 1 aliphatic heterocycles. The molecular weight excluding hydrogens is 425 g/mol. The van der Waals surface area contributed by atoms with Crippen LogP contribution >= 0.6 is 24.0 Å². The van der Waals surface area contributed by atoms with Gasteiger partial charge in [-0.2, -0.15) is 0 Å². The maximum atomic E-state index is 5.98. The summed E-state index contributed by atoms with van der Waals surface area (Å²) in [6.45, 7) is 4.69. The first kappa shape index (κ1) is 20.5. The minimum Gasteiger partial charge on any atom is -0.373 e. The quantitative estimate of drug-likeness (QED) is 0.395. The molecule has 0 bridgehead atoms. The second-order valence-electron chi connectivity index (χ2n) is 6.95. The molecule has 0 radical (unpaired) electrons. The molecule has 2 N–H and O–H groups in total. The van der Waals surface area contributed by atoms with Crippen molar-refractivity contribution in [1.82, 2.24) is 10.6 Å². The monoisotopic (exact) mass is 457 g/mol. The van der Waals surface area contributed by atoms with Crippen molar-refractivity contribution in [2.45, 2.75) is 57.6 Å². The van der Waals surface area contributed by atoms with Crippen molar-refractivity contribution in [2.24, 2.45) is 10.9 Å². The summed E-state index contributed by atoms with van der Waals surface area (Å²) in [5, 5.41) is 7.04. The van der Waals surface area contributed by atoms with Gasteiger partial charge in [0.2, 0.25) is 0 Å². The number of guanidine groups is 1. The Bertz CT molecular complexity index is 517. The summed E-state index contributed by atoms with van der Waals surface area (Å²) < 4.78 is 5.98. The number of nitrogens with zero attached hydrogens (tertiary/aromatic N) is 1. The van der Waals surface area contributed by atoms with Crippen molar-refractivity contribution in [2.75, 3.05) is 19.7 Å². The van der Waals surface area contributed by atoms with E-state index in [-0.39, 0.29) is 30.1 Å². The summed E-state index contributed by atoms with van der Waals surface area (Å²) in [6.07, 6.45) is 7.86. The zero-order chi connectivity index (χ0) is 16.6. The van der Waals surface area contributed by atoms with Crippen LogP contribution in [0.5, 0.6) is 0 Å². The van der Waals surface area contributed by atoms with Crippen LogP contribution in [0.1, 0.15) is 57.1 Å². The Morgan fingerprint density at radius 1 is 1.12 bits per heavy atom. The van der Waals surface area contributed by atoms with Crippen molar-refractivity contribution in [3.8, 4) is 0 Å². The Labute approximate surface area is 169 Å². The number of benzene rings is 1. The van der Waals surface area contributed by atoms with Gasteiger partial charge >= 0.3 is 0 Å². The number of hydrogen-bond donors (Lipinski definition) is 2. The van der Waals surface area contributed by atoms with Gasteiger partial charge in [0, 0.05) is 31.7 Å². The molecule has 25 heavy (non-hydrogen) atoms. The van der Waals surface area contributed by atoms with E-state index in [9.17, 15) is 0 Å². The van der Waals surface area contributed by atoms with Gasteiger partial charge in [-0.05, 0) is 31.7 Å². The first-order valence-corrected chi connectivity index (χ1v) is 9.58. The van der Waals surface area contributed by atoms with Gasteiger partial charge in [-0.25, -0.2) is 0 Å². The molecule has 5 heteroatoms. The average Bonchev–Trinajstić information content (AvgIpc) is 3.10. The standard InChI is InChI=1S/C20H31N3O.HI/c1-2-21-20(23-18-11-7-4-8-12-18)22-15-17-13-14-24-19(17)16-9-5-3-6-10-16;/h3,5-6,9-10,17-19H,2,4,7-8,11-15H2,1H3,(H2,21,22,23);1H. The van der Waals surface area contributed by atoms with Crippen LogP contribution in [0.25, 0.3) is 0 Å². The third-order valence-electron chi connectivity index (χ3n) is 5.12. The predicted molar refractivity (Wildman–Crippen MR) is 115 cm³/mol. The van der Waals surface area contributed by atoms with Crippen LogP contribution in [0.3, 0.4) is 0 Å². The lowest BCUT2D eigenvalue weighted by Gasteiger charge is -2.25. The summed E-state index contributed by atoms with van der Waals surface area (Å²) >= 11 is 0. The summed E-state index contributed by atoms with van der Waals surface area (Å²) in [6, 6.07) is 11.2. The topological polar surface area (TPSA) is 45.7 Å². The van der Waals surface area contributed by atoms with Gasteiger partial charge in [-0.15, -0.1) is 24.0 Å². The number of rotatable bonds is 5. The lowest BCUT2D eigenvalue weighted by molar-refractivity contribution is 0.0925. The fraction of sp³-hybridized carbons (Fsp3) is 0.650. The molecule has 1 heterocycles. The summed E-state index contributed by atoms with van der Waals surface area (Å²) in [7, 11) is 0. The lowest BCUT2D eigenvalue weighted by Crippen LogP contribution is -2.44. The Morgan fingerprint density at radius 2 is 1.88 bits per heavy atom. The fourth-order valence-corrected chi connectivity index (χ4v) is 3.80. The molecule has 2 atom stereocenters. The molecule has 4 nitrogen and oxygen atoms in total.